The van der Waals surface area contributed by atoms with Gasteiger partial charge in [0, 0.05) is 84.5 Å². The van der Waals surface area contributed by atoms with Crippen molar-refractivity contribution in [2.45, 2.75) is 0 Å². The third kappa shape index (κ3) is 9.40. The number of hydrogen-bond acceptors (Lipinski definition) is 0. The van der Waals surface area contributed by atoms with Crippen LogP contribution in [-0.4, -0.2) is 37.7 Å². The third-order valence-corrected chi connectivity index (χ3v) is 0. The van der Waals surface area contributed by atoms with Gasteiger partial charge in [-0.2, -0.15) is 0 Å². The fourth-order valence-corrected chi connectivity index (χ4v) is 0. The summed E-state index contributed by atoms with van der Waals surface area (Å²) >= 11 is 0. The molecular formula is H2CaCeTiW. The van der Waals surface area contributed by atoms with Crippen molar-refractivity contribution in [1.82, 2.24) is 0 Å². The minimum absolute atomic E-state index is 0. The van der Waals surface area contributed by atoms with Crippen LogP contribution in [0.4, 0.5) is 0 Å². The smallest absolute Gasteiger partial charge is 0 e. The topological polar surface area (TPSA) is 0 Å². The number of rotatable bonds is 0. The molecule has 0 rings (SSSR count). The van der Waals surface area contributed by atoms with Crippen molar-refractivity contribution in [3.8, 4) is 0 Å². The maximum atomic E-state index is 0. The first-order valence-corrected chi connectivity index (χ1v) is 0. The second kappa shape index (κ2) is 15.7. The largest absolute Gasteiger partial charge is 0 e. The Morgan fingerprint density at radius 3 is 1.00 bits per heavy atom. The fraction of sp³-hybridized carbons (Fsp3) is 0. The number of hydrogen-bond donors (Lipinski definition) is 0. The fourth-order valence-electron chi connectivity index (χ4n) is 0. The molecule has 0 aromatic carbocycles. The van der Waals surface area contributed by atoms with E-state index in [1.807, 2.05) is 0 Å². The van der Waals surface area contributed by atoms with Crippen molar-refractivity contribution in [3.05, 3.63) is 0 Å². The van der Waals surface area contributed by atoms with E-state index in [1.165, 1.54) is 0 Å². The van der Waals surface area contributed by atoms with E-state index in [4.69, 9.17) is 0 Å². The molecule has 0 spiro atoms. The minimum atomic E-state index is 0. The Bertz CT molecular complexity index is 8.00. The molecule has 0 radical (unpaired) electrons. The molecule has 0 aliphatic carbocycles. The first-order valence-electron chi connectivity index (χ1n) is 0. The van der Waals surface area contributed by atoms with Crippen LogP contribution in [0, 0.1) is 41.7 Å². The van der Waals surface area contributed by atoms with Crippen molar-refractivity contribution < 1.29 is 84.5 Å². The first kappa shape index (κ1) is 24.4. The molecular weight excluding hydrogens is 412 g/mol. The van der Waals surface area contributed by atoms with Crippen molar-refractivity contribution >= 4 is 37.7 Å². The van der Waals surface area contributed by atoms with E-state index < -0.39 is 0 Å². The van der Waals surface area contributed by atoms with Crippen molar-refractivity contribution in [2.24, 2.45) is 0 Å². The van der Waals surface area contributed by atoms with Gasteiger partial charge in [-0.05, 0) is 0 Å². The molecule has 0 aliphatic rings. The van der Waals surface area contributed by atoms with E-state index in [0.29, 0.717) is 0 Å². The van der Waals surface area contributed by atoms with Crippen LogP contribution in [0.1, 0.15) is 0 Å². The molecule has 0 unspecified atom stereocenters. The van der Waals surface area contributed by atoms with Crippen LogP contribution in [0.5, 0.6) is 0 Å². The molecule has 0 N–H and O–H groups in total. The maximum Gasteiger partial charge on any atom is 0 e. The summed E-state index contributed by atoms with van der Waals surface area (Å²) in [6.07, 6.45) is 0. The Balaban J connectivity index is 0. The van der Waals surface area contributed by atoms with Crippen molar-refractivity contribution in [1.29, 1.82) is 0 Å². The summed E-state index contributed by atoms with van der Waals surface area (Å²) < 4.78 is 0. The molecule has 0 heterocycles. The van der Waals surface area contributed by atoms with Gasteiger partial charge in [0.2, 0.25) is 0 Å². The van der Waals surface area contributed by atoms with Crippen LogP contribution >= 0.6 is 0 Å². The van der Waals surface area contributed by atoms with E-state index >= 15 is 0 Å². The van der Waals surface area contributed by atoms with Gasteiger partial charge in [0.15, 0.2) is 0 Å². The summed E-state index contributed by atoms with van der Waals surface area (Å²) in [5, 5.41) is 0. The predicted octanol–water partition coefficient (Wildman–Crippen LogP) is -0.921. The quantitative estimate of drug-likeness (QED) is 0.451. The van der Waals surface area contributed by atoms with Gasteiger partial charge in [0.05, 0.1) is 0 Å². The Kier molecular flexibility index (Phi) is 96.1. The zero-order chi connectivity index (χ0) is 0. The van der Waals surface area contributed by atoms with E-state index in [-0.39, 0.29) is 122 Å². The molecule has 0 fully saturated rings. The summed E-state index contributed by atoms with van der Waals surface area (Å²) in [6.45, 7) is 0. The average molecular weight is 414 g/mol. The third-order valence-electron chi connectivity index (χ3n) is 0. The van der Waals surface area contributed by atoms with Crippen LogP contribution in [0.3, 0.4) is 0 Å². The Morgan fingerprint density at radius 1 is 1.00 bits per heavy atom. The summed E-state index contributed by atoms with van der Waals surface area (Å²) in [4.78, 5) is 0. The summed E-state index contributed by atoms with van der Waals surface area (Å²) in [5.74, 6) is 0. The molecule has 0 amide bonds. The Hall–Kier alpha value is 4.04. The molecule has 0 atom stereocenters. The van der Waals surface area contributed by atoms with E-state index in [2.05, 4.69) is 0 Å². The second-order valence-corrected chi connectivity index (χ2v) is 0. The molecule has 0 aromatic heterocycles. The van der Waals surface area contributed by atoms with E-state index in [0.717, 1.165) is 0 Å². The molecule has 0 nitrogen and oxygen atoms in total. The summed E-state index contributed by atoms with van der Waals surface area (Å²) in [5.41, 5.74) is 0. The standard InChI is InChI=1S/Ca.Ce.Ti.W.2H. The Labute approximate surface area is 119 Å². The van der Waals surface area contributed by atoms with Crippen LogP contribution in [0.15, 0.2) is 0 Å². The van der Waals surface area contributed by atoms with Gasteiger partial charge in [-0.1, -0.05) is 0 Å². The zero-order valence-corrected chi connectivity index (χ0v) is 9.04. The van der Waals surface area contributed by atoms with Gasteiger partial charge in [-0.3, -0.25) is 0 Å². The van der Waals surface area contributed by atoms with Crippen LogP contribution in [-0.2, 0) is 42.8 Å². The van der Waals surface area contributed by atoms with Gasteiger partial charge < -0.3 is 0 Å². The molecule has 0 aliphatic heterocycles. The second-order valence-electron chi connectivity index (χ2n) is 0. The maximum absolute atomic E-state index is 0. The SMILES string of the molecule is [CaH2].[Ce].[Ti].[W]. The van der Waals surface area contributed by atoms with Gasteiger partial charge in [-0.15, -0.1) is 0 Å². The molecule has 4 heavy (non-hydrogen) atoms. The molecule has 4 heteroatoms. The molecule has 0 aromatic rings. The normalized spacial score (nSPS) is 0. The summed E-state index contributed by atoms with van der Waals surface area (Å²) in [7, 11) is 0. The zero-order valence-electron chi connectivity index (χ0n) is 1.41. The minimum Gasteiger partial charge on any atom is 0 e. The molecule has 0 saturated heterocycles. The van der Waals surface area contributed by atoms with Gasteiger partial charge in [-0.25, -0.2) is 0 Å². The van der Waals surface area contributed by atoms with E-state index in [1.54, 1.807) is 0 Å². The summed E-state index contributed by atoms with van der Waals surface area (Å²) in [6, 6.07) is 0. The van der Waals surface area contributed by atoms with Crippen LogP contribution in [0.25, 0.3) is 0 Å². The van der Waals surface area contributed by atoms with E-state index in [9.17, 15) is 0 Å². The van der Waals surface area contributed by atoms with Crippen LogP contribution < -0.4 is 0 Å². The Morgan fingerprint density at radius 2 is 1.00 bits per heavy atom. The van der Waals surface area contributed by atoms with Gasteiger partial charge in [0.25, 0.3) is 0 Å². The monoisotopic (exact) mass is 414 g/mol. The van der Waals surface area contributed by atoms with Gasteiger partial charge in [0.1, 0.15) is 0 Å². The predicted molar refractivity (Wildman–Crippen MR) is 8.54 cm³/mol. The average Bonchev–Trinajstić information content (AvgIpc) is 0. The molecule has 0 bridgehead atoms. The van der Waals surface area contributed by atoms with Crippen LogP contribution in [0.2, 0.25) is 0 Å². The first-order chi connectivity index (χ1) is 0. The van der Waals surface area contributed by atoms with Gasteiger partial charge >= 0.3 is 37.7 Å². The van der Waals surface area contributed by atoms with Crippen molar-refractivity contribution in [2.75, 3.05) is 0 Å². The van der Waals surface area contributed by atoms with Crippen molar-refractivity contribution in [3.63, 3.8) is 0 Å². The molecule has 0 saturated carbocycles. The molecule has 18 valence electrons.